The monoisotopic (exact) mass is 253 g/mol. The number of hydrogen-bond acceptors (Lipinski definition) is 5. The number of hydrogen-bond donors (Lipinski definition) is 1. The van der Waals surface area contributed by atoms with E-state index in [4.69, 9.17) is 14.6 Å². The predicted molar refractivity (Wildman–Crippen MR) is 63.9 cm³/mol. The third-order valence-electron chi connectivity index (χ3n) is 2.81. The first kappa shape index (κ1) is 12.6. The molecule has 18 heavy (non-hydrogen) atoms. The van der Waals surface area contributed by atoms with Gasteiger partial charge >= 0.3 is 0 Å². The first-order valence-electron chi connectivity index (χ1n) is 5.65. The second kappa shape index (κ2) is 4.13. The largest absolute Gasteiger partial charge is 0.449 e. The highest BCUT2D eigenvalue weighted by Crippen LogP contribution is 2.44. The Balaban J connectivity index is 2.52. The first-order chi connectivity index (χ1) is 8.34. The Morgan fingerprint density at radius 2 is 1.94 bits per heavy atom. The molecule has 6 heteroatoms. The normalized spacial score (nSPS) is 17.6. The van der Waals surface area contributed by atoms with Crippen LogP contribution in [0.1, 0.15) is 32.3 Å². The lowest BCUT2D eigenvalue weighted by molar-refractivity contribution is -0.385. The van der Waals surface area contributed by atoms with Crippen molar-refractivity contribution in [3.8, 4) is 11.5 Å². The average Bonchev–Trinajstić information content (AvgIpc) is 2.58. The summed E-state index contributed by atoms with van der Waals surface area (Å²) in [6, 6.07) is 2.93. The number of aliphatic hydroxyl groups excluding tert-OH is 1. The third-order valence-corrected chi connectivity index (χ3v) is 2.81. The van der Waals surface area contributed by atoms with E-state index in [-0.39, 0.29) is 18.2 Å². The molecule has 2 rings (SSSR count). The SMILES string of the molecule is C[C@H](CO)c1cc2c(cc1[N+](=O)[O-])OC(C)(C)O2. The van der Waals surface area contributed by atoms with Crippen LogP contribution in [0.25, 0.3) is 0 Å². The van der Waals surface area contributed by atoms with Crippen molar-refractivity contribution in [2.24, 2.45) is 0 Å². The molecule has 0 spiro atoms. The molecule has 1 aliphatic heterocycles. The van der Waals surface area contributed by atoms with Gasteiger partial charge < -0.3 is 14.6 Å². The zero-order chi connectivity index (χ0) is 13.5. The van der Waals surface area contributed by atoms with Gasteiger partial charge in [0.15, 0.2) is 11.5 Å². The maximum atomic E-state index is 11.0. The van der Waals surface area contributed by atoms with E-state index in [1.807, 2.05) is 0 Å². The predicted octanol–water partition coefficient (Wildman–Crippen LogP) is 2.20. The van der Waals surface area contributed by atoms with Crippen LogP contribution < -0.4 is 9.47 Å². The van der Waals surface area contributed by atoms with Gasteiger partial charge in [0.25, 0.3) is 5.69 Å². The molecule has 0 radical (unpaired) electrons. The number of fused-ring (bicyclic) bond motifs is 1. The molecular weight excluding hydrogens is 238 g/mol. The molecule has 98 valence electrons. The van der Waals surface area contributed by atoms with Gasteiger partial charge in [-0.2, -0.15) is 0 Å². The Kier molecular flexibility index (Phi) is 2.90. The topological polar surface area (TPSA) is 81.8 Å². The molecule has 0 aromatic heterocycles. The summed E-state index contributed by atoms with van der Waals surface area (Å²) >= 11 is 0. The van der Waals surface area contributed by atoms with Gasteiger partial charge in [-0.3, -0.25) is 10.1 Å². The smallest absolute Gasteiger partial charge is 0.276 e. The summed E-state index contributed by atoms with van der Waals surface area (Å²) in [6.07, 6.45) is 0. The lowest BCUT2D eigenvalue weighted by Crippen LogP contribution is -2.29. The molecule has 0 saturated carbocycles. The van der Waals surface area contributed by atoms with E-state index < -0.39 is 10.7 Å². The Morgan fingerprint density at radius 1 is 1.39 bits per heavy atom. The Labute approximate surface area is 104 Å². The molecule has 1 aromatic carbocycles. The van der Waals surface area contributed by atoms with E-state index in [1.165, 1.54) is 6.07 Å². The highest BCUT2D eigenvalue weighted by atomic mass is 16.7. The Bertz CT molecular complexity index is 497. The summed E-state index contributed by atoms with van der Waals surface area (Å²) in [4.78, 5) is 10.6. The van der Waals surface area contributed by atoms with Crippen LogP contribution in [0, 0.1) is 10.1 Å². The number of benzene rings is 1. The molecule has 6 nitrogen and oxygen atoms in total. The minimum atomic E-state index is -0.822. The fourth-order valence-electron chi connectivity index (χ4n) is 1.93. The van der Waals surface area contributed by atoms with Crippen molar-refractivity contribution in [1.29, 1.82) is 0 Å². The van der Waals surface area contributed by atoms with Gasteiger partial charge in [-0.05, 0) is 6.07 Å². The van der Waals surface area contributed by atoms with Crippen LogP contribution in [-0.2, 0) is 0 Å². The third kappa shape index (κ3) is 2.11. The van der Waals surface area contributed by atoms with E-state index >= 15 is 0 Å². The van der Waals surface area contributed by atoms with Gasteiger partial charge in [0.2, 0.25) is 5.79 Å². The molecule has 0 unspecified atom stereocenters. The quantitative estimate of drug-likeness (QED) is 0.659. The van der Waals surface area contributed by atoms with Gasteiger partial charge in [-0.1, -0.05) is 6.92 Å². The van der Waals surface area contributed by atoms with Crippen molar-refractivity contribution in [3.05, 3.63) is 27.8 Å². The summed E-state index contributed by atoms with van der Waals surface area (Å²) in [7, 11) is 0. The molecule has 0 amide bonds. The molecule has 1 N–H and O–H groups in total. The second-order valence-electron chi connectivity index (χ2n) is 4.80. The summed E-state index contributed by atoms with van der Waals surface area (Å²) in [5.41, 5.74) is 0.388. The van der Waals surface area contributed by atoms with Crippen LogP contribution in [-0.4, -0.2) is 22.4 Å². The van der Waals surface area contributed by atoms with Gasteiger partial charge in [0.1, 0.15) is 0 Å². The van der Waals surface area contributed by atoms with Crippen LogP contribution in [0.5, 0.6) is 11.5 Å². The molecule has 1 heterocycles. The van der Waals surface area contributed by atoms with Crippen molar-refractivity contribution in [1.82, 2.24) is 0 Å². The van der Waals surface area contributed by atoms with E-state index in [0.717, 1.165) is 0 Å². The molecule has 1 aromatic rings. The minimum Gasteiger partial charge on any atom is -0.449 e. The lowest BCUT2D eigenvalue weighted by atomic mass is 9.99. The highest BCUT2D eigenvalue weighted by molar-refractivity contribution is 5.56. The molecular formula is C12H15NO5. The van der Waals surface area contributed by atoms with Crippen molar-refractivity contribution < 1.29 is 19.5 Å². The van der Waals surface area contributed by atoms with Gasteiger partial charge in [0.05, 0.1) is 11.0 Å². The summed E-state index contributed by atoms with van der Waals surface area (Å²) in [5.74, 6) is -0.318. The molecule has 0 fully saturated rings. The van der Waals surface area contributed by atoms with Gasteiger partial charge in [-0.25, -0.2) is 0 Å². The van der Waals surface area contributed by atoms with Crippen molar-refractivity contribution in [2.45, 2.75) is 32.5 Å². The first-order valence-corrected chi connectivity index (χ1v) is 5.65. The number of nitro benzene ring substituents is 1. The number of nitro groups is 1. The maximum Gasteiger partial charge on any atom is 0.276 e. The van der Waals surface area contributed by atoms with Gasteiger partial charge in [0, 0.05) is 31.9 Å². The molecule has 0 aliphatic carbocycles. The number of nitrogens with zero attached hydrogens (tertiary/aromatic N) is 1. The number of aliphatic hydroxyl groups is 1. The molecule has 0 bridgehead atoms. The fourth-order valence-corrected chi connectivity index (χ4v) is 1.93. The molecule has 0 saturated heterocycles. The second-order valence-corrected chi connectivity index (χ2v) is 4.80. The van der Waals surface area contributed by atoms with Crippen LogP contribution >= 0.6 is 0 Å². The minimum absolute atomic E-state index is 0.0587. The van der Waals surface area contributed by atoms with Crippen LogP contribution in [0.2, 0.25) is 0 Å². The van der Waals surface area contributed by atoms with Crippen LogP contribution in [0.4, 0.5) is 5.69 Å². The number of ether oxygens (including phenoxy) is 2. The van der Waals surface area contributed by atoms with Crippen molar-refractivity contribution >= 4 is 5.69 Å². The van der Waals surface area contributed by atoms with Crippen molar-refractivity contribution in [2.75, 3.05) is 6.61 Å². The zero-order valence-electron chi connectivity index (χ0n) is 10.5. The number of rotatable bonds is 3. The summed E-state index contributed by atoms with van der Waals surface area (Å²) in [6.45, 7) is 5.02. The maximum absolute atomic E-state index is 11.0. The van der Waals surface area contributed by atoms with Gasteiger partial charge in [-0.15, -0.1) is 0 Å². The molecule has 1 aliphatic rings. The van der Waals surface area contributed by atoms with Crippen molar-refractivity contribution in [3.63, 3.8) is 0 Å². The fraction of sp³-hybridized carbons (Fsp3) is 0.500. The zero-order valence-corrected chi connectivity index (χ0v) is 10.5. The van der Waals surface area contributed by atoms with E-state index in [2.05, 4.69) is 0 Å². The molecule has 1 atom stereocenters. The summed E-state index contributed by atoms with van der Waals surface area (Å²) < 4.78 is 11.0. The Morgan fingerprint density at radius 3 is 2.44 bits per heavy atom. The standard InChI is InChI=1S/C12H15NO5/c1-7(6-14)8-4-10-11(5-9(8)13(15)16)18-12(2,3)17-10/h4-5,7,14H,6H2,1-3H3/t7-/m1/s1. The Hall–Kier alpha value is -1.82. The van der Waals surface area contributed by atoms with E-state index in [9.17, 15) is 10.1 Å². The van der Waals surface area contributed by atoms with E-state index in [0.29, 0.717) is 17.1 Å². The van der Waals surface area contributed by atoms with E-state index in [1.54, 1.807) is 26.8 Å². The van der Waals surface area contributed by atoms with Crippen LogP contribution in [0.3, 0.4) is 0 Å². The highest BCUT2D eigenvalue weighted by Gasteiger charge is 2.35. The summed E-state index contributed by atoms with van der Waals surface area (Å²) in [5, 5.41) is 20.2. The average molecular weight is 253 g/mol. The van der Waals surface area contributed by atoms with Crippen LogP contribution in [0.15, 0.2) is 12.1 Å². The lowest BCUT2D eigenvalue weighted by Gasteiger charge is -2.16.